The van der Waals surface area contributed by atoms with Gasteiger partial charge < -0.3 is 19.5 Å². The van der Waals surface area contributed by atoms with E-state index in [1.54, 1.807) is 0 Å². The van der Waals surface area contributed by atoms with Gasteiger partial charge in [0.15, 0.2) is 0 Å². The molecule has 0 bridgehead atoms. The molecular formula is C9H11NO5. The van der Waals surface area contributed by atoms with E-state index in [4.69, 9.17) is 9.47 Å². The highest BCUT2D eigenvalue weighted by Gasteiger charge is 2.64. The molecule has 0 aromatic rings. The molecule has 0 radical (unpaired) electrons. The number of epoxide rings is 1. The van der Waals surface area contributed by atoms with Crippen LogP contribution in [0, 0.1) is 5.92 Å². The van der Waals surface area contributed by atoms with E-state index in [-0.39, 0.29) is 30.2 Å². The first-order chi connectivity index (χ1) is 7.20. The van der Waals surface area contributed by atoms with Gasteiger partial charge in [0.2, 0.25) is 0 Å². The fraction of sp³-hybridized carbons (Fsp3) is 0.778. The van der Waals surface area contributed by atoms with E-state index in [1.807, 2.05) is 0 Å². The minimum Gasteiger partial charge on any atom is -0.458 e. The Morgan fingerprint density at radius 2 is 2.33 bits per heavy atom. The average molecular weight is 213 g/mol. The van der Waals surface area contributed by atoms with Crippen molar-refractivity contribution in [3.8, 4) is 0 Å². The van der Waals surface area contributed by atoms with Gasteiger partial charge in [-0.2, -0.15) is 0 Å². The monoisotopic (exact) mass is 213 g/mol. The molecule has 0 aromatic carbocycles. The molecule has 3 aliphatic rings. The number of hydrogen-bond acceptors (Lipinski definition) is 5. The SMILES string of the molecule is COC(=O)N[C@H]1C(=O)O[C@@H]2[C@@H]1C[C@H]1O[C@H]21. The Hall–Kier alpha value is -1.30. The van der Waals surface area contributed by atoms with Crippen LogP contribution in [0.15, 0.2) is 0 Å². The largest absolute Gasteiger partial charge is 0.458 e. The lowest BCUT2D eigenvalue weighted by Crippen LogP contribution is -2.42. The number of carbonyl (C=O) groups is 2. The van der Waals surface area contributed by atoms with E-state index < -0.39 is 12.1 Å². The molecule has 1 N–H and O–H groups in total. The summed E-state index contributed by atoms with van der Waals surface area (Å²) in [6, 6.07) is -0.571. The fourth-order valence-corrected chi connectivity index (χ4v) is 2.50. The second-order valence-corrected chi connectivity index (χ2v) is 4.05. The van der Waals surface area contributed by atoms with Crippen molar-refractivity contribution in [1.29, 1.82) is 0 Å². The first kappa shape index (κ1) is 8.96. The van der Waals surface area contributed by atoms with E-state index >= 15 is 0 Å². The van der Waals surface area contributed by atoms with Gasteiger partial charge >= 0.3 is 12.1 Å². The highest BCUT2D eigenvalue weighted by atomic mass is 16.6. The van der Waals surface area contributed by atoms with E-state index in [9.17, 15) is 9.59 Å². The van der Waals surface area contributed by atoms with Gasteiger partial charge in [-0.1, -0.05) is 0 Å². The molecule has 2 saturated heterocycles. The predicted molar refractivity (Wildman–Crippen MR) is 46.0 cm³/mol. The molecule has 0 aromatic heterocycles. The summed E-state index contributed by atoms with van der Waals surface area (Å²) in [4.78, 5) is 22.5. The minimum absolute atomic E-state index is 0.0420. The second-order valence-electron chi connectivity index (χ2n) is 4.05. The van der Waals surface area contributed by atoms with Crippen molar-refractivity contribution < 1.29 is 23.8 Å². The number of amides is 1. The van der Waals surface area contributed by atoms with Gasteiger partial charge in [0.05, 0.1) is 13.2 Å². The van der Waals surface area contributed by atoms with Crippen molar-refractivity contribution in [3.05, 3.63) is 0 Å². The maximum absolute atomic E-state index is 11.5. The molecule has 2 heterocycles. The van der Waals surface area contributed by atoms with Crippen LogP contribution in [-0.4, -0.2) is 43.5 Å². The number of carbonyl (C=O) groups excluding carboxylic acids is 2. The zero-order chi connectivity index (χ0) is 10.6. The van der Waals surface area contributed by atoms with Gasteiger partial charge in [-0.05, 0) is 6.42 Å². The van der Waals surface area contributed by atoms with E-state index in [2.05, 4.69) is 10.1 Å². The molecule has 1 aliphatic carbocycles. The van der Waals surface area contributed by atoms with Crippen LogP contribution in [0.2, 0.25) is 0 Å². The average Bonchev–Trinajstić information content (AvgIpc) is 2.82. The predicted octanol–water partition coefficient (Wildman–Crippen LogP) is -0.576. The van der Waals surface area contributed by atoms with Crippen molar-refractivity contribution in [2.45, 2.75) is 30.8 Å². The Balaban J connectivity index is 1.72. The zero-order valence-electron chi connectivity index (χ0n) is 8.14. The second kappa shape index (κ2) is 2.85. The molecular weight excluding hydrogens is 202 g/mol. The van der Waals surface area contributed by atoms with Crippen molar-refractivity contribution in [1.82, 2.24) is 5.32 Å². The topological polar surface area (TPSA) is 77.2 Å². The Morgan fingerprint density at radius 3 is 3.07 bits per heavy atom. The maximum Gasteiger partial charge on any atom is 0.407 e. The van der Waals surface area contributed by atoms with Gasteiger partial charge in [0.1, 0.15) is 18.2 Å². The third-order valence-corrected chi connectivity index (χ3v) is 3.27. The fourth-order valence-electron chi connectivity index (χ4n) is 2.50. The molecule has 3 rings (SSSR count). The summed E-state index contributed by atoms with van der Waals surface area (Å²) in [5.74, 6) is -0.343. The smallest absolute Gasteiger partial charge is 0.407 e. The van der Waals surface area contributed by atoms with Gasteiger partial charge in [-0.25, -0.2) is 9.59 Å². The summed E-state index contributed by atoms with van der Waals surface area (Å²) in [5.41, 5.74) is 0. The van der Waals surface area contributed by atoms with Gasteiger partial charge in [0, 0.05) is 5.92 Å². The van der Waals surface area contributed by atoms with E-state index in [0.717, 1.165) is 6.42 Å². The van der Waals surface area contributed by atoms with Gasteiger partial charge in [-0.15, -0.1) is 0 Å². The summed E-state index contributed by atoms with van der Waals surface area (Å²) in [6.07, 6.45) is 0.276. The number of alkyl carbamates (subject to hydrolysis) is 1. The van der Waals surface area contributed by atoms with Crippen LogP contribution in [0.4, 0.5) is 4.79 Å². The van der Waals surface area contributed by atoms with Crippen LogP contribution >= 0.6 is 0 Å². The Kier molecular flexibility index (Phi) is 1.70. The van der Waals surface area contributed by atoms with Gasteiger partial charge in [-0.3, -0.25) is 0 Å². The lowest BCUT2D eigenvalue weighted by molar-refractivity contribution is -0.143. The summed E-state index contributed by atoms with van der Waals surface area (Å²) in [7, 11) is 1.27. The number of esters is 1. The molecule has 0 spiro atoms. The number of ether oxygens (including phenoxy) is 3. The van der Waals surface area contributed by atoms with Crippen molar-refractivity contribution in [2.24, 2.45) is 5.92 Å². The summed E-state index contributed by atoms with van der Waals surface area (Å²) < 4.78 is 14.9. The maximum atomic E-state index is 11.5. The Bertz CT molecular complexity index is 330. The molecule has 0 unspecified atom stereocenters. The molecule has 6 heteroatoms. The van der Waals surface area contributed by atoms with Gasteiger partial charge in [0.25, 0.3) is 0 Å². The van der Waals surface area contributed by atoms with E-state index in [0.29, 0.717) is 0 Å². The standard InChI is InChI=1S/C9H11NO5/c1-13-9(12)10-5-3-2-4-7(14-4)6(3)15-8(5)11/h3-7H,2H2,1H3,(H,10,12)/t3-,4-,5-,6-,7+/m1/s1. The van der Waals surface area contributed by atoms with Crippen molar-refractivity contribution >= 4 is 12.1 Å². The Morgan fingerprint density at radius 1 is 1.53 bits per heavy atom. The first-order valence-electron chi connectivity index (χ1n) is 4.91. The molecule has 82 valence electrons. The molecule has 1 amide bonds. The lowest BCUT2D eigenvalue weighted by atomic mass is 9.98. The summed E-state index contributed by atoms with van der Waals surface area (Å²) in [6.45, 7) is 0. The third kappa shape index (κ3) is 1.21. The third-order valence-electron chi connectivity index (χ3n) is 3.27. The molecule has 5 atom stereocenters. The summed E-state index contributed by atoms with van der Waals surface area (Å²) >= 11 is 0. The molecule has 15 heavy (non-hydrogen) atoms. The lowest BCUT2D eigenvalue weighted by Gasteiger charge is -2.15. The van der Waals surface area contributed by atoms with Crippen molar-refractivity contribution in [3.63, 3.8) is 0 Å². The normalized spacial score (nSPS) is 45.4. The highest BCUT2D eigenvalue weighted by molar-refractivity contribution is 5.84. The molecule has 3 fully saturated rings. The number of nitrogens with one attached hydrogen (secondary N) is 1. The molecule has 6 nitrogen and oxygen atoms in total. The van der Waals surface area contributed by atoms with Crippen LogP contribution < -0.4 is 5.32 Å². The minimum atomic E-state index is -0.598. The van der Waals surface area contributed by atoms with Crippen molar-refractivity contribution in [2.75, 3.05) is 7.11 Å². The quantitative estimate of drug-likeness (QED) is 0.466. The summed E-state index contributed by atoms with van der Waals surface area (Å²) in [5, 5.41) is 2.50. The van der Waals surface area contributed by atoms with Crippen LogP contribution in [0.5, 0.6) is 0 Å². The first-order valence-corrected chi connectivity index (χ1v) is 4.91. The van der Waals surface area contributed by atoms with E-state index in [1.165, 1.54) is 7.11 Å². The van der Waals surface area contributed by atoms with Crippen LogP contribution in [0.25, 0.3) is 0 Å². The molecule has 2 aliphatic heterocycles. The number of rotatable bonds is 1. The Labute approximate surface area is 85.9 Å². The highest BCUT2D eigenvalue weighted by Crippen LogP contribution is 2.48. The number of methoxy groups -OCH3 is 1. The zero-order valence-corrected chi connectivity index (χ0v) is 8.14. The molecule has 1 saturated carbocycles. The van der Waals surface area contributed by atoms with Crippen LogP contribution in [-0.2, 0) is 19.0 Å². The van der Waals surface area contributed by atoms with Crippen LogP contribution in [0.1, 0.15) is 6.42 Å². The number of fused-ring (bicyclic) bond motifs is 3. The van der Waals surface area contributed by atoms with Crippen LogP contribution in [0.3, 0.4) is 0 Å². The number of hydrogen-bond donors (Lipinski definition) is 1.